The van der Waals surface area contributed by atoms with Crippen molar-refractivity contribution in [3.63, 3.8) is 0 Å². The summed E-state index contributed by atoms with van der Waals surface area (Å²) in [6.45, 7) is 2.08. The largest absolute Gasteiger partial charge is 0.463 e. The normalized spacial score (nSPS) is 10.6. The van der Waals surface area contributed by atoms with Crippen molar-refractivity contribution in [3.8, 4) is 0 Å². The van der Waals surface area contributed by atoms with Crippen LogP contribution >= 0.6 is 23.2 Å². The van der Waals surface area contributed by atoms with Gasteiger partial charge in [-0.15, -0.1) is 0 Å². The molecule has 0 spiro atoms. The highest BCUT2D eigenvalue weighted by Gasteiger charge is 2.00. The van der Waals surface area contributed by atoms with E-state index >= 15 is 0 Å². The summed E-state index contributed by atoms with van der Waals surface area (Å²) in [4.78, 5) is 14.8. The number of hydrogen-bond acceptors (Lipinski definition) is 3. The lowest BCUT2D eigenvalue weighted by Gasteiger charge is -1.98. The van der Waals surface area contributed by atoms with E-state index in [0.717, 1.165) is 0 Å². The molecular formula is C10H9Cl2NO2. The van der Waals surface area contributed by atoms with Crippen LogP contribution in [0.15, 0.2) is 18.2 Å². The third kappa shape index (κ3) is 3.90. The highest BCUT2D eigenvalue weighted by atomic mass is 35.5. The molecule has 0 aliphatic rings. The molecular weight excluding hydrogens is 237 g/mol. The quantitative estimate of drug-likeness (QED) is 0.467. The van der Waals surface area contributed by atoms with Gasteiger partial charge in [0.05, 0.1) is 6.61 Å². The number of pyridine rings is 1. The molecule has 0 aliphatic heterocycles. The van der Waals surface area contributed by atoms with Gasteiger partial charge in [-0.3, -0.25) is 0 Å². The van der Waals surface area contributed by atoms with Gasteiger partial charge in [0.2, 0.25) is 0 Å². The van der Waals surface area contributed by atoms with Crippen LogP contribution in [0.25, 0.3) is 6.08 Å². The lowest BCUT2D eigenvalue weighted by atomic mass is 10.2. The average molecular weight is 246 g/mol. The van der Waals surface area contributed by atoms with Gasteiger partial charge in [-0.25, -0.2) is 9.78 Å². The van der Waals surface area contributed by atoms with E-state index in [9.17, 15) is 4.79 Å². The first-order chi connectivity index (χ1) is 7.13. The molecule has 0 aliphatic carbocycles. The Morgan fingerprint density at radius 3 is 2.87 bits per heavy atom. The summed E-state index contributed by atoms with van der Waals surface area (Å²) in [6.07, 6.45) is 2.82. The number of ether oxygens (including phenoxy) is 1. The Kier molecular flexibility index (Phi) is 4.59. The highest BCUT2D eigenvalue weighted by Crippen LogP contribution is 2.17. The molecule has 1 heterocycles. The minimum absolute atomic E-state index is 0.253. The number of carbonyl (C=O) groups is 1. The minimum atomic E-state index is -0.413. The Hall–Kier alpha value is -1.06. The third-order valence-corrected chi connectivity index (χ3v) is 2.04. The summed E-state index contributed by atoms with van der Waals surface area (Å²) in [6, 6.07) is 3.27. The number of hydrogen-bond donors (Lipinski definition) is 0. The second-order valence-corrected chi connectivity index (χ2v) is 3.34. The highest BCUT2D eigenvalue weighted by molar-refractivity contribution is 6.33. The number of nitrogens with zero attached hydrogens (tertiary/aromatic N) is 1. The second kappa shape index (κ2) is 5.73. The Bertz CT molecular complexity index is 391. The fourth-order valence-corrected chi connectivity index (χ4v) is 1.30. The summed E-state index contributed by atoms with van der Waals surface area (Å²) in [7, 11) is 0. The maximum absolute atomic E-state index is 11.0. The van der Waals surface area contributed by atoms with Crippen molar-refractivity contribution in [1.29, 1.82) is 0 Å². The monoisotopic (exact) mass is 245 g/mol. The van der Waals surface area contributed by atoms with Crippen molar-refractivity contribution in [3.05, 3.63) is 34.1 Å². The Labute approximate surface area is 97.7 Å². The Balaban J connectivity index is 2.76. The Morgan fingerprint density at radius 2 is 2.27 bits per heavy atom. The van der Waals surface area contributed by atoms with Crippen molar-refractivity contribution in [2.75, 3.05) is 6.61 Å². The second-order valence-electron chi connectivity index (χ2n) is 2.60. The Morgan fingerprint density at radius 1 is 1.53 bits per heavy atom. The summed E-state index contributed by atoms with van der Waals surface area (Å²) in [5, 5.41) is 0.566. The molecule has 0 saturated heterocycles. The first-order valence-electron chi connectivity index (χ1n) is 4.30. The van der Waals surface area contributed by atoms with Crippen molar-refractivity contribution < 1.29 is 9.53 Å². The van der Waals surface area contributed by atoms with Crippen molar-refractivity contribution >= 4 is 35.2 Å². The summed E-state index contributed by atoms with van der Waals surface area (Å²) in [5.74, 6) is -0.413. The first kappa shape index (κ1) is 12.0. The smallest absolute Gasteiger partial charge is 0.330 e. The van der Waals surface area contributed by atoms with Crippen LogP contribution in [0.4, 0.5) is 0 Å². The SMILES string of the molecule is CCOC(=O)/C=C/c1ccc(Cl)nc1Cl. The summed E-state index contributed by atoms with van der Waals surface area (Å²) >= 11 is 11.4. The number of aromatic nitrogens is 1. The zero-order valence-electron chi connectivity index (χ0n) is 8.04. The lowest BCUT2D eigenvalue weighted by Crippen LogP contribution is -1.98. The van der Waals surface area contributed by atoms with Gasteiger partial charge in [0.25, 0.3) is 0 Å². The van der Waals surface area contributed by atoms with Gasteiger partial charge in [0.15, 0.2) is 0 Å². The molecule has 0 atom stereocenters. The molecule has 0 aromatic carbocycles. The molecule has 0 N–H and O–H groups in total. The molecule has 1 aromatic heterocycles. The average Bonchev–Trinajstić information content (AvgIpc) is 2.17. The molecule has 3 nitrogen and oxygen atoms in total. The van der Waals surface area contributed by atoms with Crippen LogP contribution in [-0.4, -0.2) is 17.6 Å². The molecule has 1 rings (SSSR count). The predicted molar refractivity (Wildman–Crippen MR) is 59.9 cm³/mol. The molecule has 0 unspecified atom stereocenters. The van der Waals surface area contributed by atoms with Crippen LogP contribution in [0, 0.1) is 0 Å². The summed E-state index contributed by atoms with van der Waals surface area (Å²) in [5.41, 5.74) is 0.620. The van der Waals surface area contributed by atoms with Crippen LogP contribution < -0.4 is 0 Å². The lowest BCUT2D eigenvalue weighted by molar-refractivity contribution is -0.137. The van der Waals surface area contributed by atoms with Gasteiger partial charge in [0.1, 0.15) is 10.3 Å². The van der Waals surface area contributed by atoms with E-state index in [1.807, 2.05) is 0 Å². The predicted octanol–water partition coefficient (Wildman–Crippen LogP) is 2.96. The van der Waals surface area contributed by atoms with E-state index in [1.54, 1.807) is 19.1 Å². The third-order valence-electron chi connectivity index (χ3n) is 1.53. The zero-order chi connectivity index (χ0) is 11.3. The van der Waals surface area contributed by atoms with Crippen LogP contribution in [0.5, 0.6) is 0 Å². The molecule has 0 fully saturated rings. The van der Waals surface area contributed by atoms with Gasteiger partial charge in [-0.1, -0.05) is 23.2 Å². The fraction of sp³-hybridized carbons (Fsp3) is 0.200. The number of rotatable bonds is 3. The van der Waals surface area contributed by atoms with Crippen molar-refractivity contribution in [2.24, 2.45) is 0 Å². The van der Waals surface area contributed by atoms with E-state index in [1.165, 1.54) is 12.2 Å². The maximum atomic E-state index is 11.0. The van der Waals surface area contributed by atoms with E-state index in [4.69, 9.17) is 27.9 Å². The molecule has 15 heavy (non-hydrogen) atoms. The molecule has 5 heteroatoms. The van der Waals surface area contributed by atoms with Gasteiger partial charge in [-0.05, 0) is 25.1 Å². The van der Waals surface area contributed by atoms with Crippen LogP contribution in [-0.2, 0) is 9.53 Å². The van der Waals surface area contributed by atoms with Gasteiger partial charge in [-0.2, -0.15) is 0 Å². The van der Waals surface area contributed by atoms with Crippen LogP contribution in [0.1, 0.15) is 12.5 Å². The van der Waals surface area contributed by atoms with Gasteiger partial charge in [0, 0.05) is 11.6 Å². The van der Waals surface area contributed by atoms with E-state index in [0.29, 0.717) is 17.3 Å². The molecule has 0 bridgehead atoms. The number of carbonyl (C=O) groups excluding carboxylic acids is 1. The van der Waals surface area contributed by atoms with Gasteiger partial charge < -0.3 is 4.74 Å². The first-order valence-corrected chi connectivity index (χ1v) is 5.06. The minimum Gasteiger partial charge on any atom is -0.463 e. The van der Waals surface area contributed by atoms with Crippen molar-refractivity contribution in [1.82, 2.24) is 4.98 Å². The van der Waals surface area contributed by atoms with Gasteiger partial charge >= 0.3 is 5.97 Å². The van der Waals surface area contributed by atoms with E-state index in [2.05, 4.69) is 4.98 Å². The summed E-state index contributed by atoms with van der Waals surface area (Å²) < 4.78 is 4.71. The zero-order valence-corrected chi connectivity index (χ0v) is 9.55. The molecule has 0 amide bonds. The van der Waals surface area contributed by atoms with Crippen LogP contribution in [0.3, 0.4) is 0 Å². The fourth-order valence-electron chi connectivity index (χ4n) is 0.895. The molecule has 1 aromatic rings. The standard InChI is InChI=1S/C10H9Cl2NO2/c1-2-15-9(14)6-4-7-3-5-8(11)13-10(7)12/h3-6H,2H2,1H3/b6-4+. The molecule has 0 saturated carbocycles. The van der Waals surface area contributed by atoms with E-state index < -0.39 is 5.97 Å². The van der Waals surface area contributed by atoms with Crippen molar-refractivity contribution in [2.45, 2.75) is 6.92 Å². The number of halogens is 2. The topological polar surface area (TPSA) is 39.2 Å². The van der Waals surface area contributed by atoms with E-state index in [-0.39, 0.29) is 5.15 Å². The molecule has 80 valence electrons. The van der Waals surface area contributed by atoms with Crippen LogP contribution in [0.2, 0.25) is 10.3 Å². The number of esters is 1. The maximum Gasteiger partial charge on any atom is 0.330 e. The molecule has 0 radical (unpaired) electrons.